The van der Waals surface area contributed by atoms with Crippen LogP contribution in [0.1, 0.15) is 5.56 Å². The van der Waals surface area contributed by atoms with Gasteiger partial charge in [-0.3, -0.25) is 4.79 Å². The van der Waals surface area contributed by atoms with Crippen molar-refractivity contribution in [3.05, 3.63) is 52.5 Å². The zero-order valence-electron chi connectivity index (χ0n) is 13.9. The molecule has 0 spiro atoms. The number of hydrogen-bond donors (Lipinski definition) is 0. The van der Waals surface area contributed by atoms with Crippen LogP contribution in [0, 0.1) is 0 Å². The van der Waals surface area contributed by atoms with Gasteiger partial charge in [-0.2, -0.15) is 0 Å². The Labute approximate surface area is 150 Å². The largest absolute Gasteiger partial charge is 0.497 e. The van der Waals surface area contributed by atoms with Crippen molar-refractivity contribution in [3.8, 4) is 17.2 Å². The maximum absolute atomic E-state index is 12.2. The van der Waals surface area contributed by atoms with E-state index in [4.69, 9.17) is 14.2 Å². The molecule has 0 saturated heterocycles. The molecule has 0 aromatic heterocycles. The van der Waals surface area contributed by atoms with Crippen LogP contribution < -0.4 is 14.2 Å². The Hall–Kier alpha value is -2.21. The summed E-state index contributed by atoms with van der Waals surface area (Å²) in [6.07, 6.45) is 0. The third kappa shape index (κ3) is 4.89. The molecule has 0 saturated carbocycles. The van der Waals surface area contributed by atoms with E-state index in [1.165, 1.54) is 0 Å². The molecule has 0 heterocycles. The Balaban J connectivity index is 1.94. The summed E-state index contributed by atoms with van der Waals surface area (Å²) in [5, 5.41) is 0. The Bertz CT molecular complexity index is 688. The number of halogens is 1. The minimum Gasteiger partial charge on any atom is -0.497 e. The van der Waals surface area contributed by atoms with Gasteiger partial charge in [-0.05, 0) is 36.4 Å². The van der Waals surface area contributed by atoms with Crippen LogP contribution in [0.15, 0.2) is 46.9 Å². The van der Waals surface area contributed by atoms with E-state index in [2.05, 4.69) is 15.9 Å². The van der Waals surface area contributed by atoms with E-state index in [-0.39, 0.29) is 12.5 Å². The molecule has 0 unspecified atom stereocenters. The highest BCUT2D eigenvalue weighted by Crippen LogP contribution is 2.25. The first kappa shape index (κ1) is 18.1. The van der Waals surface area contributed by atoms with E-state index < -0.39 is 0 Å². The molecular formula is C18H20BrNO4. The van der Waals surface area contributed by atoms with Gasteiger partial charge in [-0.25, -0.2) is 0 Å². The molecule has 0 N–H and O–H groups in total. The van der Waals surface area contributed by atoms with Crippen molar-refractivity contribution in [2.45, 2.75) is 6.54 Å². The highest BCUT2D eigenvalue weighted by molar-refractivity contribution is 9.10. The summed E-state index contributed by atoms with van der Waals surface area (Å²) in [5.74, 6) is 1.93. The second-order valence-electron chi connectivity index (χ2n) is 5.17. The fraction of sp³-hybridized carbons (Fsp3) is 0.278. The lowest BCUT2D eigenvalue weighted by Gasteiger charge is -2.19. The summed E-state index contributed by atoms with van der Waals surface area (Å²) < 4.78 is 17.0. The van der Waals surface area contributed by atoms with E-state index in [1.807, 2.05) is 36.4 Å². The zero-order chi connectivity index (χ0) is 17.5. The second-order valence-corrected chi connectivity index (χ2v) is 6.09. The van der Waals surface area contributed by atoms with Crippen LogP contribution in [0.25, 0.3) is 0 Å². The predicted octanol–water partition coefficient (Wildman–Crippen LogP) is 3.50. The van der Waals surface area contributed by atoms with Crippen LogP contribution in [-0.4, -0.2) is 38.7 Å². The van der Waals surface area contributed by atoms with Crippen LogP contribution in [0.2, 0.25) is 0 Å². The summed E-state index contributed by atoms with van der Waals surface area (Å²) in [4.78, 5) is 13.8. The number of carbonyl (C=O) groups is 1. The maximum atomic E-state index is 12.2. The third-order valence-electron chi connectivity index (χ3n) is 3.50. The summed E-state index contributed by atoms with van der Waals surface area (Å²) in [6, 6.07) is 12.9. The van der Waals surface area contributed by atoms with E-state index in [9.17, 15) is 4.79 Å². The molecule has 0 fully saturated rings. The number of likely N-dealkylation sites (N-methyl/N-ethyl adjacent to an activating group) is 1. The third-order valence-corrected chi connectivity index (χ3v) is 4.03. The van der Waals surface area contributed by atoms with Gasteiger partial charge < -0.3 is 19.1 Å². The quantitative estimate of drug-likeness (QED) is 0.721. The summed E-state index contributed by atoms with van der Waals surface area (Å²) >= 11 is 3.36. The standard InChI is InChI=1S/C18H20BrNO4/c1-20(11-13-4-7-16(22-2)10-17(13)23-3)18(21)12-24-15-8-5-14(19)6-9-15/h4-10H,11-12H2,1-3H3. The highest BCUT2D eigenvalue weighted by Gasteiger charge is 2.13. The van der Waals surface area contributed by atoms with Crippen molar-refractivity contribution >= 4 is 21.8 Å². The lowest BCUT2D eigenvalue weighted by molar-refractivity contribution is -0.132. The molecule has 0 radical (unpaired) electrons. The summed E-state index contributed by atoms with van der Waals surface area (Å²) in [5.41, 5.74) is 0.901. The molecule has 128 valence electrons. The van der Waals surface area contributed by atoms with Crippen LogP contribution in [0.5, 0.6) is 17.2 Å². The second kappa shape index (κ2) is 8.59. The fourth-order valence-corrected chi connectivity index (χ4v) is 2.38. The minimum absolute atomic E-state index is 0.0173. The minimum atomic E-state index is -0.115. The Morgan fingerprint density at radius 3 is 2.33 bits per heavy atom. The first-order valence-corrected chi connectivity index (χ1v) is 8.16. The predicted molar refractivity (Wildman–Crippen MR) is 95.7 cm³/mol. The molecule has 24 heavy (non-hydrogen) atoms. The van der Waals surface area contributed by atoms with Crippen LogP contribution in [-0.2, 0) is 11.3 Å². The molecule has 2 aromatic carbocycles. The number of nitrogens with zero attached hydrogens (tertiary/aromatic N) is 1. The van der Waals surface area contributed by atoms with Crippen LogP contribution >= 0.6 is 15.9 Å². The van der Waals surface area contributed by atoms with E-state index in [1.54, 1.807) is 32.2 Å². The van der Waals surface area contributed by atoms with Crippen molar-refractivity contribution < 1.29 is 19.0 Å². The van der Waals surface area contributed by atoms with E-state index in [0.29, 0.717) is 23.8 Å². The summed E-state index contributed by atoms with van der Waals surface area (Å²) in [6.45, 7) is 0.409. The van der Waals surface area contributed by atoms with Crippen LogP contribution in [0.4, 0.5) is 0 Å². The lowest BCUT2D eigenvalue weighted by atomic mass is 10.2. The van der Waals surface area contributed by atoms with Crippen molar-refractivity contribution in [3.63, 3.8) is 0 Å². The molecule has 0 bridgehead atoms. The number of ether oxygens (including phenoxy) is 3. The Kier molecular flexibility index (Phi) is 6.49. The van der Waals surface area contributed by atoms with Gasteiger partial charge in [0.2, 0.25) is 0 Å². The first-order chi connectivity index (χ1) is 11.5. The normalized spacial score (nSPS) is 10.2. The molecule has 0 aliphatic heterocycles. The molecule has 0 aliphatic carbocycles. The lowest BCUT2D eigenvalue weighted by Crippen LogP contribution is -2.31. The van der Waals surface area contributed by atoms with Gasteiger partial charge in [0.05, 0.1) is 14.2 Å². The van der Waals surface area contributed by atoms with Gasteiger partial charge >= 0.3 is 0 Å². The van der Waals surface area contributed by atoms with Crippen LogP contribution in [0.3, 0.4) is 0 Å². The number of rotatable bonds is 7. The number of amides is 1. The molecule has 1 amide bonds. The molecule has 5 nitrogen and oxygen atoms in total. The Morgan fingerprint density at radius 1 is 1.04 bits per heavy atom. The molecule has 2 rings (SSSR count). The highest BCUT2D eigenvalue weighted by atomic mass is 79.9. The number of carbonyl (C=O) groups excluding carboxylic acids is 1. The SMILES string of the molecule is COc1ccc(CN(C)C(=O)COc2ccc(Br)cc2)c(OC)c1. The van der Waals surface area contributed by atoms with Gasteiger partial charge in [-0.15, -0.1) is 0 Å². The molecule has 0 atom stereocenters. The van der Waals surface area contributed by atoms with Gasteiger partial charge in [0.1, 0.15) is 17.2 Å². The topological polar surface area (TPSA) is 48.0 Å². The van der Waals surface area contributed by atoms with E-state index in [0.717, 1.165) is 10.0 Å². The average molecular weight is 394 g/mol. The first-order valence-electron chi connectivity index (χ1n) is 7.36. The van der Waals surface area contributed by atoms with E-state index >= 15 is 0 Å². The maximum Gasteiger partial charge on any atom is 0.260 e. The molecule has 2 aromatic rings. The molecule has 0 aliphatic rings. The Morgan fingerprint density at radius 2 is 1.71 bits per heavy atom. The van der Waals surface area contributed by atoms with Gasteiger partial charge in [0.15, 0.2) is 6.61 Å². The van der Waals surface area contributed by atoms with Gasteiger partial charge in [-0.1, -0.05) is 15.9 Å². The van der Waals surface area contributed by atoms with Crippen molar-refractivity contribution in [2.24, 2.45) is 0 Å². The number of hydrogen-bond acceptors (Lipinski definition) is 4. The average Bonchev–Trinajstić information content (AvgIpc) is 2.61. The van der Waals surface area contributed by atoms with Crippen molar-refractivity contribution in [1.29, 1.82) is 0 Å². The monoisotopic (exact) mass is 393 g/mol. The van der Waals surface area contributed by atoms with Crippen molar-refractivity contribution in [2.75, 3.05) is 27.9 Å². The van der Waals surface area contributed by atoms with Crippen molar-refractivity contribution in [1.82, 2.24) is 4.90 Å². The molecule has 6 heteroatoms. The fourth-order valence-electron chi connectivity index (χ4n) is 2.11. The van der Waals surface area contributed by atoms with Gasteiger partial charge in [0, 0.05) is 29.7 Å². The zero-order valence-corrected chi connectivity index (χ0v) is 15.5. The molecular weight excluding hydrogens is 374 g/mol. The number of benzene rings is 2. The van der Waals surface area contributed by atoms with Gasteiger partial charge in [0.25, 0.3) is 5.91 Å². The summed E-state index contributed by atoms with van der Waals surface area (Å²) in [7, 11) is 4.93. The smallest absolute Gasteiger partial charge is 0.260 e. The number of methoxy groups -OCH3 is 2.